The monoisotopic (exact) mass is 449 g/mol. The molecular formula is C19H19N3O6S2. The number of hydrogen-bond donors (Lipinski definition) is 4. The minimum atomic E-state index is -3.79. The fourth-order valence-electron chi connectivity index (χ4n) is 2.15. The standard InChI is InChI=1S/C19H19N3O6S2/c1-12(19(25)26)10-17(23)21-13-2-6-15(7-3-13)29-11-18(24)22-14-4-8-16(9-5-14)30(20,27)28/h2-10H,11H2,1H3,(H,21,23)(H,22,24)(H,25,26)(H2,20,27,28)/b12-10+. The number of primary sulfonamides is 1. The largest absolute Gasteiger partial charge is 0.478 e. The van der Waals surface area contributed by atoms with Crippen LogP contribution in [-0.4, -0.2) is 37.1 Å². The van der Waals surface area contributed by atoms with Gasteiger partial charge in [0.05, 0.1) is 10.6 Å². The Labute approximate surface area is 177 Å². The molecule has 0 spiro atoms. The Morgan fingerprint density at radius 1 is 1.00 bits per heavy atom. The molecule has 5 N–H and O–H groups in total. The Bertz CT molecular complexity index is 1080. The van der Waals surface area contributed by atoms with E-state index in [9.17, 15) is 22.8 Å². The van der Waals surface area contributed by atoms with E-state index >= 15 is 0 Å². The number of thioether (sulfide) groups is 1. The third-order valence-electron chi connectivity index (χ3n) is 3.64. The van der Waals surface area contributed by atoms with Crippen molar-refractivity contribution in [1.82, 2.24) is 0 Å². The lowest BCUT2D eigenvalue weighted by Crippen LogP contribution is -2.15. The number of hydrogen-bond acceptors (Lipinski definition) is 6. The second-order valence-corrected chi connectivity index (χ2v) is 8.66. The highest BCUT2D eigenvalue weighted by atomic mass is 32.2. The van der Waals surface area contributed by atoms with Crippen molar-refractivity contribution in [3.63, 3.8) is 0 Å². The van der Waals surface area contributed by atoms with Gasteiger partial charge in [0, 0.05) is 27.9 Å². The van der Waals surface area contributed by atoms with E-state index in [4.69, 9.17) is 10.2 Å². The molecule has 2 rings (SSSR count). The van der Waals surface area contributed by atoms with E-state index in [0.29, 0.717) is 11.4 Å². The Morgan fingerprint density at radius 3 is 2.07 bits per heavy atom. The number of amides is 2. The number of carbonyl (C=O) groups is 3. The first-order valence-corrected chi connectivity index (χ1v) is 11.0. The number of benzene rings is 2. The lowest BCUT2D eigenvalue weighted by molar-refractivity contribution is -0.132. The molecule has 2 aromatic rings. The maximum absolute atomic E-state index is 12.1. The summed E-state index contributed by atoms with van der Waals surface area (Å²) in [5.74, 6) is -1.89. The predicted octanol–water partition coefficient (Wildman–Crippen LogP) is 2.03. The lowest BCUT2D eigenvalue weighted by atomic mass is 10.2. The van der Waals surface area contributed by atoms with Crippen molar-refractivity contribution in [1.29, 1.82) is 0 Å². The molecule has 30 heavy (non-hydrogen) atoms. The average molecular weight is 450 g/mol. The van der Waals surface area contributed by atoms with E-state index < -0.39 is 21.9 Å². The summed E-state index contributed by atoms with van der Waals surface area (Å²) >= 11 is 1.27. The first-order valence-electron chi connectivity index (χ1n) is 8.43. The van der Waals surface area contributed by atoms with Crippen LogP contribution >= 0.6 is 11.8 Å². The van der Waals surface area contributed by atoms with Gasteiger partial charge in [0.25, 0.3) is 0 Å². The zero-order chi connectivity index (χ0) is 22.3. The van der Waals surface area contributed by atoms with Gasteiger partial charge >= 0.3 is 5.97 Å². The van der Waals surface area contributed by atoms with E-state index in [1.54, 1.807) is 24.3 Å². The topological polar surface area (TPSA) is 156 Å². The van der Waals surface area contributed by atoms with Crippen molar-refractivity contribution in [3.05, 3.63) is 60.2 Å². The Balaban J connectivity index is 1.86. The summed E-state index contributed by atoms with van der Waals surface area (Å²) in [6.07, 6.45) is 0.991. The van der Waals surface area contributed by atoms with Gasteiger partial charge in [-0.25, -0.2) is 18.4 Å². The maximum atomic E-state index is 12.1. The molecule has 2 amide bonds. The average Bonchev–Trinajstić information content (AvgIpc) is 2.67. The van der Waals surface area contributed by atoms with E-state index in [2.05, 4.69) is 10.6 Å². The van der Waals surface area contributed by atoms with Gasteiger partial charge in [-0.1, -0.05) is 0 Å². The van der Waals surface area contributed by atoms with Gasteiger partial charge in [0.1, 0.15) is 0 Å². The van der Waals surface area contributed by atoms with Gasteiger partial charge in [-0.3, -0.25) is 9.59 Å². The number of sulfonamides is 1. The molecule has 0 saturated carbocycles. The summed E-state index contributed by atoms with van der Waals surface area (Å²) in [5, 5.41) is 19.0. The highest BCUT2D eigenvalue weighted by Crippen LogP contribution is 2.21. The fraction of sp³-hybridized carbons (Fsp3) is 0.105. The molecule has 0 fully saturated rings. The normalized spacial score (nSPS) is 11.6. The predicted molar refractivity (Wildman–Crippen MR) is 114 cm³/mol. The number of carboxylic acids is 1. The number of carboxylic acid groups (broad SMARTS) is 1. The minimum Gasteiger partial charge on any atom is -0.478 e. The summed E-state index contributed by atoms with van der Waals surface area (Å²) in [6.45, 7) is 1.32. The van der Waals surface area contributed by atoms with Crippen molar-refractivity contribution in [2.45, 2.75) is 16.7 Å². The Kier molecular flexibility index (Phi) is 7.75. The molecule has 158 valence electrons. The molecule has 11 heteroatoms. The molecule has 0 atom stereocenters. The number of anilines is 2. The van der Waals surface area contributed by atoms with Crippen LogP contribution < -0.4 is 15.8 Å². The first-order chi connectivity index (χ1) is 14.0. The molecule has 0 unspecified atom stereocenters. The van der Waals surface area contributed by atoms with E-state index in [1.807, 2.05) is 0 Å². The molecular weight excluding hydrogens is 430 g/mol. The molecule has 2 aromatic carbocycles. The van der Waals surface area contributed by atoms with E-state index in [1.165, 1.54) is 43.0 Å². The fourth-order valence-corrected chi connectivity index (χ4v) is 3.36. The highest BCUT2D eigenvalue weighted by Gasteiger charge is 2.09. The van der Waals surface area contributed by atoms with Gasteiger partial charge in [-0.05, 0) is 55.5 Å². The molecule has 9 nitrogen and oxygen atoms in total. The van der Waals surface area contributed by atoms with Crippen LogP contribution in [0.4, 0.5) is 11.4 Å². The molecule has 0 aliphatic heterocycles. The number of nitrogens with two attached hydrogens (primary N) is 1. The molecule has 0 heterocycles. The maximum Gasteiger partial charge on any atom is 0.331 e. The summed E-state index contributed by atoms with van der Waals surface area (Å²) < 4.78 is 22.4. The van der Waals surface area contributed by atoms with Crippen molar-refractivity contribution in [3.8, 4) is 0 Å². The van der Waals surface area contributed by atoms with E-state index in [0.717, 1.165) is 11.0 Å². The van der Waals surface area contributed by atoms with Gasteiger partial charge in [0.15, 0.2) is 0 Å². The number of carbonyl (C=O) groups excluding carboxylic acids is 2. The van der Waals surface area contributed by atoms with Crippen LogP contribution in [0.3, 0.4) is 0 Å². The minimum absolute atomic E-state index is 0.0457. The second-order valence-electron chi connectivity index (χ2n) is 6.05. The summed E-state index contributed by atoms with van der Waals surface area (Å²) in [7, 11) is -3.79. The summed E-state index contributed by atoms with van der Waals surface area (Å²) in [6, 6.07) is 12.2. The SMILES string of the molecule is C/C(=C\C(=O)Nc1ccc(SCC(=O)Nc2ccc(S(N)(=O)=O)cc2)cc1)C(=O)O. The van der Waals surface area contributed by atoms with Crippen LogP contribution in [0.1, 0.15) is 6.92 Å². The molecule has 0 aliphatic rings. The van der Waals surface area contributed by atoms with E-state index in [-0.39, 0.29) is 22.1 Å². The number of aliphatic carboxylic acids is 1. The van der Waals surface area contributed by atoms with Crippen molar-refractivity contribution >= 4 is 50.9 Å². The number of rotatable bonds is 8. The van der Waals surface area contributed by atoms with Crippen molar-refractivity contribution in [2.24, 2.45) is 5.14 Å². The Hall–Kier alpha value is -3.15. The van der Waals surface area contributed by atoms with Crippen LogP contribution in [0, 0.1) is 0 Å². The van der Waals surface area contributed by atoms with Crippen molar-refractivity contribution in [2.75, 3.05) is 16.4 Å². The molecule has 0 aromatic heterocycles. The third-order valence-corrected chi connectivity index (χ3v) is 5.58. The van der Waals surface area contributed by atoms with Gasteiger partial charge < -0.3 is 15.7 Å². The van der Waals surface area contributed by atoms with Crippen LogP contribution in [0.2, 0.25) is 0 Å². The van der Waals surface area contributed by atoms with Crippen LogP contribution in [0.5, 0.6) is 0 Å². The van der Waals surface area contributed by atoms with Crippen LogP contribution in [0.25, 0.3) is 0 Å². The van der Waals surface area contributed by atoms with Crippen LogP contribution in [0.15, 0.2) is 70.0 Å². The molecule has 0 bridgehead atoms. The zero-order valence-electron chi connectivity index (χ0n) is 15.8. The molecule has 0 saturated heterocycles. The van der Waals surface area contributed by atoms with Gasteiger partial charge in [-0.15, -0.1) is 11.8 Å². The Morgan fingerprint density at radius 2 is 1.53 bits per heavy atom. The summed E-state index contributed by atoms with van der Waals surface area (Å²) in [4.78, 5) is 35.2. The van der Waals surface area contributed by atoms with Gasteiger partial charge in [-0.2, -0.15) is 0 Å². The molecule has 0 radical (unpaired) electrons. The van der Waals surface area contributed by atoms with Crippen LogP contribution in [-0.2, 0) is 24.4 Å². The van der Waals surface area contributed by atoms with Crippen molar-refractivity contribution < 1.29 is 27.9 Å². The smallest absolute Gasteiger partial charge is 0.331 e. The summed E-state index contributed by atoms with van der Waals surface area (Å²) in [5.41, 5.74) is 0.846. The van der Waals surface area contributed by atoms with Gasteiger partial charge in [0.2, 0.25) is 21.8 Å². The highest BCUT2D eigenvalue weighted by molar-refractivity contribution is 8.00. The first kappa shape index (κ1) is 23.1. The second kappa shape index (κ2) is 10.1. The molecule has 0 aliphatic carbocycles. The zero-order valence-corrected chi connectivity index (χ0v) is 17.4. The quantitative estimate of drug-likeness (QED) is 0.355. The number of nitrogens with one attached hydrogen (secondary N) is 2. The third kappa shape index (κ3) is 7.35. The lowest BCUT2D eigenvalue weighted by Gasteiger charge is -2.07.